The standard InChI is InChI=1S/C14H12N4O4/c1-9-2-3-10(7-15-9)14(20)17-16-8-11-6-12(19)4-5-13(11)18(21)22/h2-8,19H,1H3,(H,17,20)/b16-8+. The van der Waals surface area contributed by atoms with Gasteiger partial charge in [-0.25, -0.2) is 5.43 Å². The molecule has 1 amide bonds. The van der Waals surface area contributed by atoms with E-state index < -0.39 is 10.8 Å². The molecular weight excluding hydrogens is 288 g/mol. The van der Waals surface area contributed by atoms with Crippen molar-refractivity contribution in [3.63, 3.8) is 0 Å². The van der Waals surface area contributed by atoms with Crippen LogP contribution in [0.1, 0.15) is 21.6 Å². The highest BCUT2D eigenvalue weighted by atomic mass is 16.6. The van der Waals surface area contributed by atoms with Crippen molar-refractivity contribution in [1.29, 1.82) is 0 Å². The average Bonchev–Trinajstić information content (AvgIpc) is 2.47. The van der Waals surface area contributed by atoms with Crippen LogP contribution in [0.2, 0.25) is 0 Å². The molecule has 0 radical (unpaired) electrons. The van der Waals surface area contributed by atoms with Crippen LogP contribution >= 0.6 is 0 Å². The summed E-state index contributed by atoms with van der Waals surface area (Å²) in [5.41, 5.74) is 3.17. The number of phenolic OH excluding ortho intramolecular Hbond substituents is 1. The predicted molar refractivity (Wildman–Crippen MR) is 78.8 cm³/mol. The summed E-state index contributed by atoms with van der Waals surface area (Å²) in [5.74, 6) is -0.632. The molecule has 0 bridgehead atoms. The lowest BCUT2D eigenvalue weighted by Gasteiger charge is -2.00. The van der Waals surface area contributed by atoms with Crippen LogP contribution in [0.3, 0.4) is 0 Å². The fraction of sp³-hybridized carbons (Fsp3) is 0.0714. The van der Waals surface area contributed by atoms with Crippen LogP contribution in [-0.4, -0.2) is 27.1 Å². The molecule has 8 heteroatoms. The number of nitrogens with one attached hydrogen (secondary N) is 1. The van der Waals surface area contributed by atoms with Gasteiger partial charge in [0, 0.05) is 18.0 Å². The molecule has 0 saturated carbocycles. The van der Waals surface area contributed by atoms with Crippen LogP contribution in [-0.2, 0) is 0 Å². The van der Waals surface area contributed by atoms with Gasteiger partial charge in [-0.2, -0.15) is 5.10 Å². The Labute approximate surface area is 125 Å². The highest BCUT2D eigenvalue weighted by Gasteiger charge is 2.12. The highest BCUT2D eigenvalue weighted by molar-refractivity contribution is 5.95. The number of carbonyl (C=O) groups excluding carboxylic acids is 1. The van der Waals surface area contributed by atoms with E-state index in [0.717, 1.165) is 18.0 Å². The fourth-order valence-corrected chi connectivity index (χ4v) is 1.64. The molecule has 0 saturated heterocycles. The minimum absolute atomic E-state index is 0.0762. The Kier molecular flexibility index (Phi) is 4.42. The average molecular weight is 300 g/mol. The number of aryl methyl sites for hydroxylation is 1. The van der Waals surface area contributed by atoms with Crippen LogP contribution in [0, 0.1) is 17.0 Å². The number of aromatic hydroxyl groups is 1. The maximum atomic E-state index is 11.8. The molecule has 0 fully saturated rings. The first-order valence-corrected chi connectivity index (χ1v) is 6.21. The molecule has 8 nitrogen and oxygen atoms in total. The summed E-state index contributed by atoms with van der Waals surface area (Å²) in [4.78, 5) is 26.0. The van der Waals surface area contributed by atoms with Crippen LogP contribution < -0.4 is 5.43 Å². The second-order valence-electron chi connectivity index (χ2n) is 4.39. The number of carbonyl (C=O) groups is 1. The molecule has 22 heavy (non-hydrogen) atoms. The first-order valence-electron chi connectivity index (χ1n) is 6.21. The topological polar surface area (TPSA) is 118 Å². The van der Waals surface area contributed by atoms with Gasteiger partial charge in [-0.1, -0.05) is 0 Å². The lowest BCUT2D eigenvalue weighted by molar-refractivity contribution is -0.385. The zero-order chi connectivity index (χ0) is 16.1. The number of hydrazone groups is 1. The Balaban J connectivity index is 2.12. The minimum atomic E-state index is -0.605. The maximum Gasteiger partial charge on any atom is 0.278 e. The number of phenols is 1. The minimum Gasteiger partial charge on any atom is -0.508 e. The molecule has 112 valence electrons. The van der Waals surface area contributed by atoms with E-state index in [4.69, 9.17) is 0 Å². The monoisotopic (exact) mass is 300 g/mol. The normalized spacial score (nSPS) is 10.6. The van der Waals surface area contributed by atoms with Crippen molar-refractivity contribution in [3.05, 3.63) is 63.5 Å². The summed E-state index contributed by atoms with van der Waals surface area (Å²) < 4.78 is 0. The first kappa shape index (κ1) is 15.1. The molecule has 2 aromatic rings. The van der Waals surface area contributed by atoms with Gasteiger partial charge in [0.1, 0.15) is 5.75 Å². The number of nitro benzene ring substituents is 1. The van der Waals surface area contributed by atoms with Gasteiger partial charge >= 0.3 is 0 Å². The van der Waals surface area contributed by atoms with Gasteiger partial charge in [-0.3, -0.25) is 19.9 Å². The Morgan fingerprint density at radius 2 is 2.18 bits per heavy atom. The Hall–Kier alpha value is -3.29. The quantitative estimate of drug-likeness (QED) is 0.507. The number of amides is 1. The summed E-state index contributed by atoms with van der Waals surface area (Å²) in [6, 6.07) is 6.80. The Morgan fingerprint density at radius 3 is 2.82 bits per heavy atom. The number of rotatable bonds is 4. The van der Waals surface area contributed by atoms with E-state index in [1.54, 1.807) is 19.1 Å². The summed E-state index contributed by atoms with van der Waals surface area (Å²) in [6.07, 6.45) is 2.49. The van der Waals surface area contributed by atoms with Crippen molar-refractivity contribution < 1.29 is 14.8 Å². The molecule has 0 aliphatic heterocycles. The Morgan fingerprint density at radius 1 is 1.41 bits per heavy atom. The molecule has 1 aromatic carbocycles. The zero-order valence-corrected chi connectivity index (χ0v) is 11.6. The van der Waals surface area contributed by atoms with Crippen molar-refractivity contribution in [3.8, 4) is 5.75 Å². The lowest BCUT2D eigenvalue weighted by Crippen LogP contribution is -2.17. The van der Waals surface area contributed by atoms with E-state index in [0.29, 0.717) is 5.56 Å². The number of benzene rings is 1. The van der Waals surface area contributed by atoms with E-state index >= 15 is 0 Å². The Bertz CT molecular complexity index is 741. The van der Waals surface area contributed by atoms with E-state index in [9.17, 15) is 20.0 Å². The van der Waals surface area contributed by atoms with Crippen LogP contribution in [0.15, 0.2) is 41.6 Å². The predicted octanol–water partition coefficient (Wildman–Crippen LogP) is 1.77. The van der Waals surface area contributed by atoms with E-state index in [1.807, 2.05) is 0 Å². The number of nitro groups is 1. The van der Waals surface area contributed by atoms with Crippen LogP contribution in [0.4, 0.5) is 5.69 Å². The number of pyridine rings is 1. The molecule has 1 aromatic heterocycles. The van der Waals surface area contributed by atoms with Crippen molar-refractivity contribution >= 4 is 17.8 Å². The van der Waals surface area contributed by atoms with Gasteiger partial charge in [0.25, 0.3) is 11.6 Å². The van der Waals surface area contributed by atoms with Gasteiger partial charge in [0.05, 0.1) is 22.3 Å². The third-order valence-electron chi connectivity index (χ3n) is 2.75. The van der Waals surface area contributed by atoms with Crippen molar-refractivity contribution in [2.75, 3.05) is 0 Å². The van der Waals surface area contributed by atoms with Gasteiger partial charge in [-0.15, -0.1) is 0 Å². The molecule has 0 atom stereocenters. The fourth-order valence-electron chi connectivity index (χ4n) is 1.64. The summed E-state index contributed by atoms with van der Waals surface area (Å²) in [6.45, 7) is 1.79. The van der Waals surface area contributed by atoms with Crippen molar-refractivity contribution in [2.24, 2.45) is 5.10 Å². The SMILES string of the molecule is Cc1ccc(C(=O)N/N=C/c2cc(O)ccc2[N+](=O)[O-])cn1. The van der Waals surface area contributed by atoms with Crippen LogP contribution in [0.5, 0.6) is 5.75 Å². The third kappa shape index (κ3) is 3.63. The second-order valence-corrected chi connectivity index (χ2v) is 4.39. The summed E-state index contributed by atoms with van der Waals surface area (Å²) in [5, 5.41) is 23.9. The van der Waals surface area contributed by atoms with E-state index in [2.05, 4.69) is 15.5 Å². The number of aromatic nitrogens is 1. The van der Waals surface area contributed by atoms with Crippen LogP contribution in [0.25, 0.3) is 0 Å². The molecule has 1 heterocycles. The van der Waals surface area contributed by atoms with E-state index in [1.165, 1.54) is 18.3 Å². The molecule has 0 aliphatic carbocycles. The summed E-state index contributed by atoms with van der Waals surface area (Å²) in [7, 11) is 0. The number of hydrogen-bond acceptors (Lipinski definition) is 6. The van der Waals surface area contributed by atoms with Gasteiger partial charge in [0.15, 0.2) is 0 Å². The third-order valence-corrected chi connectivity index (χ3v) is 2.75. The first-order chi connectivity index (χ1) is 10.5. The highest BCUT2D eigenvalue weighted by Crippen LogP contribution is 2.21. The van der Waals surface area contributed by atoms with Gasteiger partial charge < -0.3 is 5.11 Å². The van der Waals surface area contributed by atoms with Crippen molar-refractivity contribution in [1.82, 2.24) is 10.4 Å². The molecule has 0 aliphatic rings. The second kappa shape index (κ2) is 6.44. The molecule has 0 spiro atoms. The molecule has 0 unspecified atom stereocenters. The maximum absolute atomic E-state index is 11.8. The van der Waals surface area contributed by atoms with E-state index in [-0.39, 0.29) is 17.0 Å². The number of hydrogen-bond donors (Lipinski definition) is 2. The molecule has 2 N–H and O–H groups in total. The lowest BCUT2D eigenvalue weighted by atomic mass is 10.2. The molecular formula is C14H12N4O4. The molecule has 2 rings (SSSR count). The smallest absolute Gasteiger partial charge is 0.278 e. The van der Waals surface area contributed by atoms with Gasteiger partial charge in [-0.05, 0) is 31.2 Å². The van der Waals surface area contributed by atoms with Crippen molar-refractivity contribution in [2.45, 2.75) is 6.92 Å². The zero-order valence-electron chi connectivity index (χ0n) is 11.6. The summed E-state index contributed by atoms with van der Waals surface area (Å²) >= 11 is 0. The van der Waals surface area contributed by atoms with Gasteiger partial charge in [0.2, 0.25) is 0 Å². The number of nitrogens with zero attached hydrogens (tertiary/aromatic N) is 3. The largest absolute Gasteiger partial charge is 0.508 e.